The first-order valence-corrected chi connectivity index (χ1v) is 5.00. The first kappa shape index (κ1) is 15.0. The number of hydrogen-bond acceptors (Lipinski definition) is 5. The van der Waals surface area contributed by atoms with Gasteiger partial charge in [0.25, 0.3) is 0 Å². The van der Waals surface area contributed by atoms with Crippen molar-refractivity contribution in [1.29, 1.82) is 0 Å². The quantitative estimate of drug-likeness (QED) is 0.678. The number of ether oxygens (including phenoxy) is 2. The molecule has 0 aromatic carbocycles. The van der Waals surface area contributed by atoms with Crippen LogP contribution in [0.15, 0.2) is 6.07 Å². The Morgan fingerprint density at radius 3 is 2.58 bits per heavy atom. The second kappa shape index (κ2) is 5.72. The molecule has 0 amide bonds. The van der Waals surface area contributed by atoms with E-state index in [1.807, 2.05) is 0 Å². The van der Waals surface area contributed by atoms with E-state index in [1.54, 1.807) is 0 Å². The van der Waals surface area contributed by atoms with Crippen molar-refractivity contribution in [3.8, 4) is 11.6 Å². The molecule has 0 aliphatic heterocycles. The molecule has 1 rings (SSSR count). The largest absolute Gasteiger partial charge is 0.574 e. The number of alkyl halides is 4. The molecule has 0 aliphatic carbocycles. The summed E-state index contributed by atoms with van der Waals surface area (Å²) in [6, 6.07) is 0.612. The zero-order chi connectivity index (χ0) is 14.6. The van der Waals surface area contributed by atoms with Gasteiger partial charge in [-0.2, -0.15) is 0 Å². The fraction of sp³-hybridized carbons (Fsp3) is 0.400. The summed E-state index contributed by atoms with van der Waals surface area (Å²) in [6.45, 7) is 0.0183. The molecule has 19 heavy (non-hydrogen) atoms. The molecule has 106 valence electrons. The summed E-state index contributed by atoms with van der Waals surface area (Å²) in [5, 5.41) is 9.28. The van der Waals surface area contributed by atoms with E-state index in [1.165, 1.54) is 6.92 Å². The maximum Gasteiger partial charge on any atom is 0.574 e. The summed E-state index contributed by atoms with van der Waals surface area (Å²) < 4.78 is 56.8. The van der Waals surface area contributed by atoms with Crippen molar-refractivity contribution in [1.82, 2.24) is 4.98 Å². The number of aromatic nitrogens is 1. The molecule has 1 N–H and O–H groups in total. The number of carbonyl (C=O) groups excluding carboxylic acids is 1. The van der Waals surface area contributed by atoms with Crippen molar-refractivity contribution in [3.05, 3.63) is 17.3 Å². The average Bonchev–Trinajstić information content (AvgIpc) is 2.29. The number of rotatable bonds is 4. The minimum atomic E-state index is -5.11. The molecule has 5 nitrogen and oxygen atoms in total. The van der Waals surface area contributed by atoms with E-state index in [2.05, 4.69) is 14.5 Å². The molecule has 0 spiro atoms. The Morgan fingerprint density at radius 1 is 1.47 bits per heavy atom. The van der Waals surface area contributed by atoms with Gasteiger partial charge in [-0.25, -0.2) is 14.2 Å². The number of nitrogens with zero attached hydrogens (tertiary/aromatic N) is 1. The topological polar surface area (TPSA) is 68.7 Å². The van der Waals surface area contributed by atoms with Gasteiger partial charge in [-0.1, -0.05) is 0 Å². The minimum absolute atomic E-state index is 0.101. The van der Waals surface area contributed by atoms with E-state index in [0.717, 1.165) is 0 Å². The molecule has 0 fully saturated rings. The third-order valence-corrected chi connectivity index (χ3v) is 1.88. The van der Waals surface area contributed by atoms with Crippen LogP contribution in [0.25, 0.3) is 0 Å². The Labute approximate surface area is 104 Å². The number of aromatic hydroxyl groups is 1. The second-order valence-corrected chi connectivity index (χ2v) is 3.21. The fourth-order valence-electron chi connectivity index (χ4n) is 1.16. The van der Waals surface area contributed by atoms with Crippen LogP contribution in [-0.2, 0) is 11.4 Å². The van der Waals surface area contributed by atoms with E-state index >= 15 is 0 Å². The monoisotopic (exact) mass is 283 g/mol. The van der Waals surface area contributed by atoms with Crippen molar-refractivity contribution in [2.45, 2.75) is 20.0 Å². The first-order chi connectivity index (χ1) is 8.78. The summed E-state index contributed by atoms with van der Waals surface area (Å²) in [4.78, 5) is 14.5. The van der Waals surface area contributed by atoms with E-state index in [9.17, 15) is 27.5 Å². The third-order valence-electron chi connectivity index (χ3n) is 1.88. The molecule has 1 aromatic rings. The minimum Gasteiger partial charge on any atom is -0.506 e. The van der Waals surface area contributed by atoms with E-state index in [0.29, 0.717) is 6.07 Å². The van der Waals surface area contributed by atoms with Crippen LogP contribution in [-0.4, -0.2) is 29.0 Å². The maximum atomic E-state index is 12.4. The molecule has 0 saturated carbocycles. The summed E-state index contributed by atoms with van der Waals surface area (Å²) in [6.07, 6.45) is -5.11. The highest BCUT2D eigenvalue weighted by atomic mass is 19.4. The summed E-state index contributed by atoms with van der Waals surface area (Å²) in [5.41, 5.74) is -1.42. The van der Waals surface area contributed by atoms with Crippen LogP contribution in [0.4, 0.5) is 17.6 Å². The number of esters is 1. The van der Waals surface area contributed by atoms with Crippen LogP contribution in [0, 0.1) is 0 Å². The lowest BCUT2D eigenvalue weighted by molar-refractivity contribution is -0.276. The van der Waals surface area contributed by atoms with E-state index < -0.39 is 41.9 Å². The number of hydrogen-bond donors (Lipinski definition) is 1. The van der Waals surface area contributed by atoms with Gasteiger partial charge in [0.1, 0.15) is 23.7 Å². The Hall–Kier alpha value is -2.06. The summed E-state index contributed by atoms with van der Waals surface area (Å²) in [7, 11) is 0. The average molecular weight is 283 g/mol. The van der Waals surface area contributed by atoms with E-state index in [-0.39, 0.29) is 6.61 Å². The molecule has 1 heterocycles. The van der Waals surface area contributed by atoms with E-state index in [4.69, 9.17) is 0 Å². The molecule has 9 heteroatoms. The lowest BCUT2D eigenvalue weighted by Crippen LogP contribution is -2.21. The normalized spacial score (nSPS) is 11.2. The van der Waals surface area contributed by atoms with Crippen LogP contribution in [0.5, 0.6) is 11.6 Å². The molecule has 0 bridgehead atoms. The lowest BCUT2D eigenvalue weighted by Gasteiger charge is -2.13. The van der Waals surface area contributed by atoms with Gasteiger partial charge in [0, 0.05) is 6.07 Å². The van der Waals surface area contributed by atoms with Gasteiger partial charge in [0.15, 0.2) is 0 Å². The van der Waals surface area contributed by atoms with Crippen molar-refractivity contribution < 1.29 is 36.9 Å². The molecule has 0 saturated heterocycles. The molecule has 0 atom stereocenters. The van der Waals surface area contributed by atoms with Crippen molar-refractivity contribution in [2.75, 3.05) is 6.61 Å². The molecule has 1 aromatic heterocycles. The Kier molecular flexibility index (Phi) is 4.52. The molecule has 0 unspecified atom stereocenters. The Bertz CT molecular complexity index is 475. The lowest BCUT2D eigenvalue weighted by atomic mass is 10.2. The van der Waals surface area contributed by atoms with Crippen LogP contribution in [0.1, 0.15) is 23.0 Å². The number of halogens is 4. The number of pyridine rings is 1. The van der Waals surface area contributed by atoms with Crippen molar-refractivity contribution >= 4 is 5.97 Å². The highest BCUT2D eigenvalue weighted by Crippen LogP contribution is 2.30. The summed E-state index contributed by atoms with van der Waals surface area (Å²) >= 11 is 0. The molecular weight excluding hydrogens is 274 g/mol. The van der Waals surface area contributed by atoms with Gasteiger partial charge in [0.05, 0.1) is 6.61 Å². The van der Waals surface area contributed by atoms with Crippen molar-refractivity contribution in [3.63, 3.8) is 0 Å². The Balaban J connectivity index is 3.26. The summed E-state index contributed by atoms with van der Waals surface area (Å²) in [5.74, 6) is -3.11. The highest BCUT2D eigenvalue weighted by Gasteiger charge is 2.35. The number of carbonyl (C=O) groups is 1. The van der Waals surface area contributed by atoms with Gasteiger partial charge >= 0.3 is 12.3 Å². The predicted octanol–water partition coefficient (Wildman–Crippen LogP) is 2.33. The van der Waals surface area contributed by atoms with Gasteiger partial charge in [-0.3, -0.25) is 0 Å². The zero-order valence-corrected chi connectivity index (χ0v) is 9.62. The smallest absolute Gasteiger partial charge is 0.506 e. The van der Waals surface area contributed by atoms with Crippen LogP contribution in [0.3, 0.4) is 0 Å². The fourth-order valence-corrected chi connectivity index (χ4v) is 1.16. The van der Waals surface area contributed by atoms with Gasteiger partial charge in [-0.05, 0) is 6.92 Å². The first-order valence-electron chi connectivity index (χ1n) is 5.00. The zero-order valence-electron chi connectivity index (χ0n) is 9.62. The predicted molar refractivity (Wildman–Crippen MR) is 53.4 cm³/mol. The molecule has 0 radical (unpaired) electrons. The van der Waals surface area contributed by atoms with Gasteiger partial charge in [-0.15, -0.1) is 13.2 Å². The maximum absolute atomic E-state index is 12.4. The van der Waals surface area contributed by atoms with Gasteiger partial charge in [0.2, 0.25) is 5.88 Å². The van der Waals surface area contributed by atoms with Crippen LogP contribution >= 0.6 is 0 Å². The molecule has 0 aliphatic rings. The second-order valence-electron chi connectivity index (χ2n) is 3.21. The SMILES string of the molecule is CCOC(=O)c1cc(O)c(CF)nc1OC(F)(F)F. The highest BCUT2D eigenvalue weighted by molar-refractivity contribution is 5.92. The van der Waals surface area contributed by atoms with Crippen LogP contribution in [0.2, 0.25) is 0 Å². The Morgan fingerprint density at radius 2 is 2.11 bits per heavy atom. The molecular formula is C10H9F4NO4. The third kappa shape index (κ3) is 3.97. The van der Waals surface area contributed by atoms with Crippen LogP contribution < -0.4 is 4.74 Å². The van der Waals surface area contributed by atoms with Crippen molar-refractivity contribution in [2.24, 2.45) is 0 Å². The standard InChI is InChI=1S/C10H9F4NO4/c1-2-18-9(17)5-3-7(16)6(4-11)15-8(5)19-10(12,13)14/h3,16H,2,4H2,1H3. The van der Waals surface area contributed by atoms with Gasteiger partial charge < -0.3 is 14.6 Å².